The van der Waals surface area contributed by atoms with E-state index in [0.29, 0.717) is 12.8 Å². The maximum atomic E-state index is 12.5. The van der Waals surface area contributed by atoms with E-state index in [-0.39, 0.29) is 12.1 Å². The van der Waals surface area contributed by atoms with Gasteiger partial charge in [-0.15, -0.1) is 0 Å². The number of carboxylic acids is 1. The van der Waals surface area contributed by atoms with E-state index in [0.717, 1.165) is 38.0 Å². The molecule has 1 N–H and O–H groups in total. The Bertz CT molecular complexity index is 419. The van der Waals surface area contributed by atoms with Gasteiger partial charge in [0.25, 0.3) is 0 Å². The topological polar surface area (TPSA) is 63.6 Å². The molecule has 0 aromatic heterocycles. The van der Waals surface area contributed by atoms with Crippen LogP contribution in [0.4, 0.5) is 0 Å². The predicted molar refractivity (Wildman–Crippen MR) is 110 cm³/mol. The summed E-state index contributed by atoms with van der Waals surface area (Å²) in [6.45, 7) is 6.61. The number of aliphatic carboxylic acids is 1. The molecule has 27 heavy (non-hydrogen) atoms. The largest absolute Gasteiger partial charge is 0.481 e. The second-order valence-corrected chi connectivity index (χ2v) is 8.75. The summed E-state index contributed by atoms with van der Waals surface area (Å²) < 4.78 is 5.70. The van der Waals surface area contributed by atoms with Gasteiger partial charge in [0.1, 0.15) is 6.10 Å². The summed E-state index contributed by atoms with van der Waals surface area (Å²) in [6, 6.07) is 0. The zero-order valence-electron chi connectivity index (χ0n) is 17.9. The first-order valence-corrected chi connectivity index (χ1v) is 11.4. The SMILES string of the molecule is CCC(CCCCCCCCCC(C)C)OC(=O)C1CCCCC1C(=O)O. The number of ether oxygens (including phenoxy) is 1. The van der Waals surface area contributed by atoms with Gasteiger partial charge in [-0.3, -0.25) is 9.59 Å². The van der Waals surface area contributed by atoms with E-state index in [1.807, 2.05) is 6.92 Å². The highest BCUT2D eigenvalue weighted by Crippen LogP contribution is 2.32. The molecule has 1 aliphatic carbocycles. The van der Waals surface area contributed by atoms with Crippen molar-refractivity contribution in [1.29, 1.82) is 0 Å². The number of carbonyl (C=O) groups excluding carboxylic acids is 1. The van der Waals surface area contributed by atoms with Gasteiger partial charge in [0, 0.05) is 0 Å². The zero-order chi connectivity index (χ0) is 20.1. The third kappa shape index (κ3) is 10.2. The van der Waals surface area contributed by atoms with Gasteiger partial charge in [0.15, 0.2) is 0 Å². The standard InChI is InChI=1S/C23H42O4/c1-4-19(15-11-9-7-5-6-8-10-14-18(2)3)27-23(26)21-17-13-12-16-20(21)22(24)25/h18-21H,4-17H2,1-3H3,(H,24,25). The van der Waals surface area contributed by atoms with Gasteiger partial charge >= 0.3 is 11.9 Å². The van der Waals surface area contributed by atoms with E-state index in [1.54, 1.807) is 0 Å². The van der Waals surface area contributed by atoms with Crippen molar-refractivity contribution in [2.45, 2.75) is 117 Å². The number of hydrogen-bond donors (Lipinski definition) is 1. The summed E-state index contributed by atoms with van der Waals surface area (Å²) in [5.74, 6) is -1.31. The van der Waals surface area contributed by atoms with Crippen molar-refractivity contribution in [2.75, 3.05) is 0 Å². The summed E-state index contributed by atoms with van der Waals surface area (Å²) in [7, 11) is 0. The van der Waals surface area contributed by atoms with Crippen molar-refractivity contribution in [2.24, 2.45) is 17.8 Å². The van der Waals surface area contributed by atoms with Crippen molar-refractivity contribution < 1.29 is 19.4 Å². The molecule has 3 unspecified atom stereocenters. The lowest BCUT2D eigenvalue weighted by molar-refractivity contribution is -0.164. The average Bonchev–Trinajstić information content (AvgIpc) is 2.65. The van der Waals surface area contributed by atoms with E-state index >= 15 is 0 Å². The molecule has 0 aliphatic heterocycles. The quantitative estimate of drug-likeness (QED) is 0.280. The van der Waals surface area contributed by atoms with Crippen LogP contribution in [0.1, 0.15) is 111 Å². The van der Waals surface area contributed by atoms with Crippen molar-refractivity contribution in [3.05, 3.63) is 0 Å². The Morgan fingerprint density at radius 1 is 0.889 bits per heavy atom. The number of esters is 1. The molecule has 0 spiro atoms. The first-order valence-electron chi connectivity index (χ1n) is 11.4. The molecular weight excluding hydrogens is 340 g/mol. The molecule has 0 aromatic carbocycles. The van der Waals surface area contributed by atoms with Crippen LogP contribution >= 0.6 is 0 Å². The number of hydrogen-bond acceptors (Lipinski definition) is 3. The number of unbranched alkanes of at least 4 members (excludes halogenated alkanes) is 6. The lowest BCUT2D eigenvalue weighted by atomic mass is 9.79. The van der Waals surface area contributed by atoms with Crippen molar-refractivity contribution >= 4 is 11.9 Å². The van der Waals surface area contributed by atoms with E-state index in [2.05, 4.69) is 13.8 Å². The van der Waals surface area contributed by atoms with Gasteiger partial charge in [0.2, 0.25) is 0 Å². The minimum Gasteiger partial charge on any atom is -0.481 e. The third-order valence-electron chi connectivity index (χ3n) is 5.93. The zero-order valence-corrected chi connectivity index (χ0v) is 17.9. The summed E-state index contributed by atoms with van der Waals surface area (Å²) in [5, 5.41) is 9.35. The molecule has 0 aromatic rings. The fourth-order valence-electron chi connectivity index (χ4n) is 4.12. The monoisotopic (exact) mass is 382 g/mol. The van der Waals surface area contributed by atoms with Crippen LogP contribution in [0.3, 0.4) is 0 Å². The molecule has 0 amide bonds. The third-order valence-corrected chi connectivity index (χ3v) is 5.93. The molecule has 3 atom stereocenters. The lowest BCUT2D eigenvalue weighted by Gasteiger charge is -2.28. The molecule has 158 valence electrons. The predicted octanol–water partition coefficient (Wildman–Crippen LogP) is 6.37. The summed E-state index contributed by atoms with van der Waals surface area (Å²) in [4.78, 5) is 23.9. The molecule has 4 nitrogen and oxygen atoms in total. The number of carbonyl (C=O) groups is 2. The van der Waals surface area contributed by atoms with Gasteiger partial charge in [-0.2, -0.15) is 0 Å². The minimum absolute atomic E-state index is 0.0556. The second-order valence-electron chi connectivity index (χ2n) is 8.75. The molecule has 1 saturated carbocycles. The molecule has 0 saturated heterocycles. The highest BCUT2D eigenvalue weighted by atomic mass is 16.5. The Labute approximate surface area is 166 Å². The summed E-state index contributed by atoms with van der Waals surface area (Å²) in [5.41, 5.74) is 0. The molecule has 1 aliphatic rings. The first kappa shape index (κ1) is 24.0. The highest BCUT2D eigenvalue weighted by Gasteiger charge is 2.37. The number of carboxylic acid groups (broad SMARTS) is 1. The fraction of sp³-hybridized carbons (Fsp3) is 0.913. The summed E-state index contributed by atoms with van der Waals surface area (Å²) in [6.07, 6.45) is 15.0. The molecule has 0 radical (unpaired) electrons. The van der Waals surface area contributed by atoms with Crippen LogP contribution in [-0.2, 0) is 14.3 Å². The van der Waals surface area contributed by atoms with Gasteiger partial charge in [0.05, 0.1) is 11.8 Å². The Hall–Kier alpha value is -1.06. The molecule has 0 heterocycles. The van der Waals surface area contributed by atoms with Gasteiger partial charge in [-0.1, -0.05) is 78.6 Å². The van der Waals surface area contributed by atoms with Crippen molar-refractivity contribution in [3.63, 3.8) is 0 Å². The molecule has 1 rings (SSSR count). The maximum absolute atomic E-state index is 12.5. The Morgan fingerprint density at radius 3 is 1.93 bits per heavy atom. The fourth-order valence-corrected chi connectivity index (χ4v) is 4.12. The lowest BCUT2D eigenvalue weighted by Crippen LogP contribution is -2.35. The highest BCUT2D eigenvalue weighted by molar-refractivity contribution is 5.81. The molecule has 0 bridgehead atoms. The van der Waals surface area contributed by atoms with Gasteiger partial charge < -0.3 is 9.84 Å². The van der Waals surface area contributed by atoms with E-state index in [1.165, 1.54) is 44.9 Å². The summed E-state index contributed by atoms with van der Waals surface area (Å²) >= 11 is 0. The van der Waals surface area contributed by atoms with E-state index in [9.17, 15) is 14.7 Å². The van der Waals surface area contributed by atoms with Crippen LogP contribution in [-0.4, -0.2) is 23.1 Å². The average molecular weight is 383 g/mol. The van der Waals surface area contributed by atoms with Crippen molar-refractivity contribution in [3.8, 4) is 0 Å². The van der Waals surface area contributed by atoms with Crippen LogP contribution in [0.2, 0.25) is 0 Å². The van der Waals surface area contributed by atoms with Crippen LogP contribution in [0.15, 0.2) is 0 Å². The van der Waals surface area contributed by atoms with Crippen LogP contribution in [0.5, 0.6) is 0 Å². The Balaban J connectivity index is 2.18. The molecular formula is C23H42O4. The Kier molecular flexibility index (Phi) is 12.4. The first-order chi connectivity index (χ1) is 13.0. The van der Waals surface area contributed by atoms with Gasteiger partial charge in [-0.05, 0) is 38.0 Å². The smallest absolute Gasteiger partial charge is 0.310 e. The van der Waals surface area contributed by atoms with Crippen LogP contribution in [0.25, 0.3) is 0 Å². The molecule has 4 heteroatoms. The molecule has 1 fully saturated rings. The second kappa shape index (κ2) is 14.0. The van der Waals surface area contributed by atoms with E-state index in [4.69, 9.17) is 4.74 Å². The number of rotatable bonds is 14. The van der Waals surface area contributed by atoms with Crippen LogP contribution < -0.4 is 0 Å². The Morgan fingerprint density at radius 2 is 1.41 bits per heavy atom. The van der Waals surface area contributed by atoms with E-state index < -0.39 is 17.8 Å². The maximum Gasteiger partial charge on any atom is 0.310 e. The van der Waals surface area contributed by atoms with Gasteiger partial charge in [-0.25, -0.2) is 0 Å². The van der Waals surface area contributed by atoms with Crippen LogP contribution in [0, 0.1) is 17.8 Å². The minimum atomic E-state index is -0.849. The van der Waals surface area contributed by atoms with Crippen molar-refractivity contribution in [1.82, 2.24) is 0 Å². The normalized spacial score (nSPS) is 21.2.